The van der Waals surface area contributed by atoms with Crippen molar-refractivity contribution in [3.63, 3.8) is 0 Å². The number of amides is 1. The first-order valence-corrected chi connectivity index (χ1v) is 6.37. The number of nitrogens with zero attached hydrogens (tertiary/aromatic N) is 1. The SMILES string of the molecule is COc1ccc(Br)cc1NC(=O)c1cc(N)cn1C. The summed E-state index contributed by atoms with van der Waals surface area (Å²) in [5.74, 6) is 0.356. The highest BCUT2D eigenvalue weighted by molar-refractivity contribution is 9.10. The zero-order chi connectivity index (χ0) is 14.0. The van der Waals surface area contributed by atoms with Crippen LogP contribution in [0.1, 0.15) is 10.5 Å². The monoisotopic (exact) mass is 323 g/mol. The topological polar surface area (TPSA) is 69.3 Å². The first-order valence-electron chi connectivity index (χ1n) is 5.58. The Balaban J connectivity index is 2.28. The Bertz CT molecular complexity index is 622. The van der Waals surface area contributed by atoms with Crippen LogP contribution in [-0.4, -0.2) is 17.6 Å². The molecule has 100 valence electrons. The summed E-state index contributed by atoms with van der Waals surface area (Å²) in [6.07, 6.45) is 1.69. The van der Waals surface area contributed by atoms with Crippen molar-refractivity contribution in [1.82, 2.24) is 4.57 Å². The van der Waals surface area contributed by atoms with E-state index >= 15 is 0 Å². The van der Waals surface area contributed by atoms with Crippen LogP contribution < -0.4 is 15.8 Å². The lowest BCUT2D eigenvalue weighted by Crippen LogP contribution is -2.15. The van der Waals surface area contributed by atoms with Gasteiger partial charge in [-0.05, 0) is 24.3 Å². The van der Waals surface area contributed by atoms with Crippen molar-refractivity contribution >= 4 is 33.2 Å². The van der Waals surface area contributed by atoms with Crippen LogP contribution in [-0.2, 0) is 7.05 Å². The summed E-state index contributed by atoms with van der Waals surface area (Å²) in [5.41, 5.74) is 7.29. The van der Waals surface area contributed by atoms with E-state index in [-0.39, 0.29) is 5.91 Å². The van der Waals surface area contributed by atoms with Gasteiger partial charge in [-0.1, -0.05) is 15.9 Å². The van der Waals surface area contributed by atoms with Crippen molar-refractivity contribution in [3.05, 3.63) is 40.6 Å². The molecular formula is C13H14BrN3O2. The average molecular weight is 324 g/mol. The molecule has 6 heteroatoms. The number of ether oxygens (including phenoxy) is 1. The third-order valence-electron chi connectivity index (χ3n) is 2.67. The fourth-order valence-electron chi connectivity index (χ4n) is 1.78. The maximum absolute atomic E-state index is 12.2. The van der Waals surface area contributed by atoms with Crippen molar-refractivity contribution < 1.29 is 9.53 Å². The number of anilines is 2. The average Bonchev–Trinajstić information content (AvgIpc) is 2.69. The quantitative estimate of drug-likeness (QED) is 0.912. The number of aromatic nitrogens is 1. The second-order valence-electron chi connectivity index (χ2n) is 4.07. The van der Waals surface area contributed by atoms with E-state index in [1.54, 1.807) is 43.1 Å². The summed E-state index contributed by atoms with van der Waals surface area (Å²) >= 11 is 3.36. The lowest BCUT2D eigenvalue weighted by Gasteiger charge is -2.10. The largest absolute Gasteiger partial charge is 0.495 e. The number of benzene rings is 1. The first kappa shape index (κ1) is 13.5. The van der Waals surface area contributed by atoms with Gasteiger partial charge in [-0.25, -0.2) is 0 Å². The zero-order valence-corrected chi connectivity index (χ0v) is 12.2. The molecule has 2 rings (SSSR count). The zero-order valence-electron chi connectivity index (χ0n) is 10.6. The molecule has 2 aromatic rings. The number of aryl methyl sites for hydroxylation is 1. The number of nitrogens with one attached hydrogen (secondary N) is 1. The predicted molar refractivity (Wildman–Crippen MR) is 78.5 cm³/mol. The molecule has 3 N–H and O–H groups in total. The van der Waals surface area contributed by atoms with Gasteiger partial charge in [0.25, 0.3) is 5.91 Å². The van der Waals surface area contributed by atoms with Crippen LogP contribution in [0.15, 0.2) is 34.9 Å². The molecule has 0 atom stereocenters. The van der Waals surface area contributed by atoms with Gasteiger partial charge in [0.2, 0.25) is 0 Å². The Morgan fingerprint density at radius 2 is 2.16 bits per heavy atom. The fraction of sp³-hybridized carbons (Fsp3) is 0.154. The lowest BCUT2D eigenvalue weighted by atomic mass is 10.2. The molecule has 1 aromatic carbocycles. The maximum atomic E-state index is 12.2. The highest BCUT2D eigenvalue weighted by Gasteiger charge is 2.13. The molecule has 1 aromatic heterocycles. The Morgan fingerprint density at radius 1 is 1.42 bits per heavy atom. The highest BCUT2D eigenvalue weighted by Crippen LogP contribution is 2.28. The third-order valence-corrected chi connectivity index (χ3v) is 3.16. The molecule has 0 radical (unpaired) electrons. The molecule has 0 saturated carbocycles. The van der Waals surface area contributed by atoms with Crippen LogP contribution in [0.25, 0.3) is 0 Å². The first-order chi connectivity index (χ1) is 9.01. The van der Waals surface area contributed by atoms with Gasteiger partial charge >= 0.3 is 0 Å². The molecule has 0 aliphatic carbocycles. The summed E-state index contributed by atoms with van der Waals surface area (Å²) in [6.45, 7) is 0. The predicted octanol–water partition coefficient (Wildman–Crippen LogP) is 2.63. The van der Waals surface area contributed by atoms with Gasteiger partial charge in [-0.15, -0.1) is 0 Å². The number of carbonyl (C=O) groups is 1. The van der Waals surface area contributed by atoms with E-state index < -0.39 is 0 Å². The number of hydrogen-bond acceptors (Lipinski definition) is 3. The molecular weight excluding hydrogens is 310 g/mol. The summed E-state index contributed by atoms with van der Waals surface area (Å²) in [7, 11) is 3.32. The van der Waals surface area contributed by atoms with Gasteiger partial charge < -0.3 is 20.4 Å². The van der Waals surface area contributed by atoms with Gasteiger partial charge in [0.15, 0.2) is 0 Å². The second kappa shape index (κ2) is 5.36. The van der Waals surface area contributed by atoms with Crippen LogP contribution in [0, 0.1) is 0 Å². The number of nitrogens with two attached hydrogens (primary N) is 1. The van der Waals surface area contributed by atoms with Gasteiger partial charge in [0.05, 0.1) is 18.5 Å². The van der Waals surface area contributed by atoms with Crippen molar-refractivity contribution in [2.75, 3.05) is 18.2 Å². The van der Waals surface area contributed by atoms with E-state index in [1.807, 2.05) is 6.07 Å². The van der Waals surface area contributed by atoms with Crippen LogP contribution in [0.5, 0.6) is 5.75 Å². The Labute approximate surface area is 119 Å². The van der Waals surface area contributed by atoms with Crippen LogP contribution in [0.4, 0.5) is 11.4 Å². The van der Waals surface area contributed by atoms with E-state index in [9.17, 15) is 4.79 Å². The van der Waals surface area contributed by atoms with Crippen molar-refractivity contribution in [3.8, 4) is 5.75 Å². The van der Waals surface area contributed by atoms with Gasteiger partial charge in [0.1, 0.15) is 11.4 Å². The van der Waals surface area contributed by atoms with Crippen LogP contribution in [0.3, 0.4) is 0 Å². The van der Waals surface area contributed by atoms with Crippen LogP contribution in [0.2, 0.25) is 0 Å². The molecule has 0 spiro atoms. The lowest BCUT2D eigenvalue weighted by molar-refractivity contribution is 0.101. The molecule has 0 fully saturated rings. The Morgan fingerprint density at radius 3 is 2.74 bits per heavy atom. The molecule has 1 heterocycles. The van der Waals surface area contributed by atoms with E-state index in [0.717, 1.165) is 4.47 Å². The molecule has 0 bridgehead atoms. The molecule has 1 amide bonds. The summed E-state index contributed by atoms with van der Waals surface area (Å²) < 4.78 is 7.74. The number of halogens is 1. The standard InChI is InChI=1S/C13H14BrN3O2/c1-17-7-9(15)6-11(17)13(18)16-10-5-8(14)3-4-12(10)19-2/h3-7H,15H2,1-2H3,(H,16,18). The number of carbonyl (C=O) groups excluding carboxylic acids is 1. The van der Waals surface area contributed by atoms with Crippen molar-refractivity contribution in [1.29, 1.82) is 0 Å². The minimum Gasteiger partial charge on any atom is -0.495 e. The molecule has 0 aliphatic rings. The Kier molecular flexibility index (Phi) is 3.80. The smallest absolute Gasteiger partial charge is 0.272 e. The van der Waals surface area contributed by atoms with E-state index in [4.69, 9.17) is 10.5 Å². The van der Waals surface area contributed by atoms with Crippen molar-refractivity contribution in [2.24, 2.45) is 7.05 Å². The van der Waals surface area contributed by atoms with Gasteiger partial charge in [-0.2, -0.15) is 0 Å². The minimum absolute atomic E-state index is 0.240. The molecule has 0 unspecified atom stereocenters. The van der Waals surface area contributed by atoms with Gasteiger partial charge in [-0.3, -0.25) is 4.79 Å². The summed E-state index contributed by atoms with van der Waals surface area (Å²) in [5, 5.41) is 2.80. The Hall–Kier alpha value is -1.95. The van der Waals surface area contributed by atoms with E-state index in [1.165, 1.54) is 0 Å². The number of rotatable bonds is 3. The number of hydrogen-bond donors (Lipinski definition) is 2. The van der Waals surface area contributed by atoms with Crippen LogP contribution >= 0.6 is 15.9 Å². The van der Waals surface area contributed by atoms with E-state index in [0.29, 0.717) is 22.8 Å². The maximum Gasteiger partial charge on any atom is 0.272 e. The van der Waals surface area contributed by atoms with E-state index in [2.05, 4.69) is 21.2 Å². The fourth-order valence-corrected chi connectivity index (χ4v) is 2.14. The molecule has 0 saturated heterocycles. The summed E-state index contributed by atoms with van der Waals surface area (Å²) in [4.78, 5) is 12.2. The molecule has 5 nitrogen and oxygen atoms in total. The minimum atomic E-state index is -0.240. The number of nitrogen functional groups attached to an aromatic ring is 1. The van der Waals surface area contributed by atoms with Crippen molar-refractivity contribution in [2.45, 2.75) is 0 Å². The highest BCUT2D eigenvalue weighted by atomic mass is 79.9. The number of methoxy groups -OCH3 is 1. The normalized spacial score (nSPS) is 10.3. The van der Waals surface area contributed by atoms with Gasteiger partial charge in [0, 0.05) is 17.7 Å². The third kappa shape index (κ3) is 2.90. The second-order valence-corrected chi connectivity index (χ2v) is 4.98. The molecule has 19 heavy (non-hydrogen) atoms. The summed E-state index contributed by atoms with van der Waals surface area (Å²) in [6, 6.07) is 7.02. The molecule has 0 aliphatic heterocycles.